The number of hydrogen-bond acceptors (Lipinski definition) is 3. The molecule has 2 aromatic carbocycles. The molecule has 1 fully saturated rings. The van der Waals surface area contributed by atoms with E-state index in [9.17, 15) is 4.79 Å². The van der Waals surface area contributed by atoms with E-state index in [0.717, 1.165) is 0 Å². The summed E-state index contributed by atoms with van der Waals surface area (Å²) in [5, 5.41) is 3.20. The van der Waals surface area contributed by atoms with Gasteiger partial charge in [-0.2, -0.15) is 0 Å². The fourth-order valence-electron chi connectivity index (χ4n) is 4.60. The van der Waals surface area contributed by atoms with Crippen molar-refractivity contribution in [1.29, 1.82) is 0 Å². The van der Waals surface area contributed by atoms with Gasteiger partial charge in [0.05, 0.1) is 12.7 Å². The molecule has 1 amide bonds. The largest absolute Gasteiger partial charge is 0.495 e. The highest BCUT2D eigenvalue weighted by molar-refractivity contribution is 5.94. The summed E-state index contributed by atoms with van der Waals surface area (Å²) in [5.41, 5.74) is 0.862. The zero-order valence-corrected chi connectivity index (χ0v) is 19.1. The van der Waals surface area contributed by atoms with Crippen molar-refractivity contribution < 1.29 is 14.3 Å². The molecular formula is C26H33NO3. The highest BCUT2D eigenvalue weighted by atomic mass is 16.5. The molecule has 2 aromatic rings. The van der Waals surface area contributed by atoms with E-state index >= 15 is 0 Å². The van der Waals surface area contributed by atoms with Crippen LogP contribution in [0.3, 0.4) is 0 Å². The summed E-state index contributed by atoms with van der Waals surface area (Å²) >= 11 is 0. The molecule has 1 aliphatic rings. The van der Waals surface area contributed by atoms with Crippen LogP contribution in [0.4, 0.5) is 0 Å². The molecule has 1 aliphatic carbocycles. The zero-order chi connectivity index (χ0) is 22.5. The molecule has 0 radical (unpaired) electrons. The lowest BCUT2D eigenvalue weighted by Crippen LogP contribution is -2.74. The van der Waals surface area contributed by atoms with Crippen molar-refractivity contribution in [3.05, 3.63) is 59.7 Å². The molecule has 3 rings (SSSR count). The van der Waals surface area contributed by atoms with Crippen molar-refractivity contribution in [2.75, 3.05) is 7.11 Å². The van der Waals surface area contributed by atoms with Gasteiger partial charge < -0.3 is 14.8 Å². The molecule has 4 heteroatoms. The lowest BCUT2D eigenvalue weighted by atomic mass is 9.49. The lowest BCUT2D eigenvalue weighted by Gasteiger charge is -2.63. The van der Waals surface area contributed by atoms with Crippen LogP contribution >= 0.6 is 0 Å². The van der Waals surface area contributed by atoms with Crippen LogP contribution in [-0.4, -0.2) is 25.2 Å². The standard InChI is InChI=1S/C24H27NO3.C2H6/c1-7-16-13-14-18(15-19(16)27-6)28-22-23(2,3)21(24(22,4)5)25-20(26)17-11-9-8-10-12-17;1-2/h1,8-15,21-22H,2-6H3,(H,25,26);1-2H3. The number of methoxy groups -OCH3 is 1. The van der Waals surface area contributed by atoms with E-state index in [1.165, 1.54) is 0 Å². The van der Waals surface area contributed by atoms with Gasteiger partial charge in [-0.15, -0.1) is 6.42 Å². The first-order valence-electron chi connectivity index (χ1n) is 10.4. The monoisotopic (exact) mass is 407 g/mol. The van der Waals surface area contributed by atoms with Gasteiger partial charge in [0.2, 0.25) is 0 Å². The predicted octanol–water partition coefficient (Wildman–Crippen LogP) is 5.31. The topological polar surface area (TPSA) is 47.6 Å². The molecule has 0 atom stereocenters. The first kappa shape index (κ1) is 23.3. The Hall–Kier alpha value is -2.93. The Morgan fingerprint density at radius 1 is 1.03 bits per heavy atom. The van der Waals surface area contributed by atoms with Crippen LogP contribution in [0.25, 0.3) is 0 Å². The summed E-state index contributed by atoms with van der Waals surface area (Å²) in [5.74, 6) is 3.86. The van der Waals surface area contributed by atoms with Crippen LogP contribution in [0.2, 0.25) is 0 Å². The SMILES string of the molecule is C#Cc1ccc(OC2C(C)(C)C(NC(=O)c3ccccc3)C2(C)C)cc1OC.CC. The van der Waals surface area contributed by atoms with Crippen LogP contribution < -0.4 is 14.8 Å². The smallest absolute Gasteiger partial charge is 0.251 e. The van der Waals surface area contributed by atoms with Crippen LogP contribution in [0.1, 0.15) is 57.5 Å². The van der Waals surface area contributed by atoms with E-state index in [-0.39, 0.29) is 28.9 Å². The molecule has 0 unspecified atom stereocenters. The molecule has 0 spiro atoms. The van der Waals surface area contributed by atoms with Crippen molar-refractivity contribution in [2.45, 2.75) is 53.7 Å². The molecule has 4 nitrogen and oxygen atoms in total. The number of hydrogen-bond donors (Lipinski definition) is 1. The second-order valence-corrected chi connectivity index (χ2v) is 8.42. The van der Waals surface area contributed by atoms with Gasteiger partial charge >= 0.3 is 0 Å². The van der Waals surface area contributed by atoms with Gasteiger partial charge in [-0.3, -0.25) is 4.79 Å². The summed E-state index contributed by atoms with van der Waals surface area (Å²) in [6, 6.07) is 14.7. The average molecular weight is 408 g/mol. The highest BCUT2D eigenvalue weighted by Gasteiger charge is 2.64. The zero-order valence-electron chi connectivity index (χ0n) is 19.1. The van der Waals surface area contributed by atoms with E-state index in [2.05, 4.69) is 38.9 Å². The molecule has 0 aliphatic heterocycles. The Kier molecular flexibility index (Phi) is 7.21. The Morgan fingerprint density at radius 2 is 1.63 bits per heavy atom. The minimum Gasteiger partial charge on any atom is -0.495 e. The van der Waals surface area contributed by atoms with Crippen molar-refractivity contribution >= 4 is 5.91 Å². The molecule has 30 heavy (non-hydrogen) atoms. The number of carbonyl (C=O) groups is 1. The number of rotatable bonds is 5. The number of nitrogens with one attached hydrogen (secondary N) is 1. The average Bonchev–Trinajstić information content (AvgIpc) is 2.76. The normalized spacial score (nSPS) is 20.5. The number of benzene rings is 2. The molecule has 160 valence electrons. The van der Waals surface area contributed by atoms with Crippen molar-refractivity contribution in [1.82, 2.24) is 5.32 Å². The summed E-state index contributed by atoms with van der Waals surface area (Å²) in [7, 11) is 1.59. The van der Waals surface area contributed by atoms with Gasteiger partial charge in [-0.1, -0.05) is 65.7 Å². The fourth-order valence-corrected chi connectivity index (χ4v) is 4.60. The van der Waals surface area contributed by atoms with Gasteiger partial charge in [0.25, 0.3) is 5.91 Å². The van der Waals surface area contributed by atoms with E-state index in [0.29, 0.717) is 22.6 Å². The quantitative estimate of drug-likeness (QED) is 0.683. The van der Waals surface area contributed by atoms with Crippen molar-refractivity contribution in [2.24, 2.45) is 10.8 Å². The Bertz CT molecular complexity index is 894. The second kappa shape index (κ2) is 9.26. The van der Waals surface area contributed by atoms with Crippen LogP contribution in [-0.2, 0) is 0 Å². The Balaban J connectivity index is 0.00000155. The number of amides is 1. The summed E-state index contributed by atoms with van der Waals surface area (Å²) in [6.07, 6.45) is 5.42. The van der Waals surface area contributed by atoms with Crippen LogP contribution in [0.5, 0.6) is 11.5 Å². The molecule has 0 heterocycles. The Labute approximate surface area is 181 Å². The Morgan fingerprint density at radius 3 is 2.17 bits per heavy atom. The number of ether oxygens (including phenoxy) is 2. The van der Waals surface area contributed by atoms with Crippen molar-refractivity contribution in [3.63, 3.8) is 0 Å². The van der Waals surface area contributed by atoms with Gasteiger partial charge in [0.15, 0.2) is 0 Å². The fraction of sp³-hybridized carbons (Fsp3) is 0.423. The predicted molar refractivity (Wildman–Crippen MR) is 122 cm³/mol. The molecular weight excluding hydrogens is 374 g/mol. The number of carbonyl (C=O) groups excluding carboxylic acids is 1. The maximum Gasteiger partial charge on any atom is 0.251 e. The summed E-state index contributed by atoms with van der Waals surface area (Å²) in [4.78, 5) is 12.7. The third-order valence-corrected chi connectivity index (χ3v) is 5.73. The van der Waals surface area contributed by atoms with Gasteiger partial charge in [0.1, 0.15) is 17.6 Å². The lowest BCUT2D eigenvalue weighted by molar-refractivity contribution is -0.164. The molecule has 0 aromatic heterocycles. The maximum atomic E-state index is 12.7. The van der Waals surface area contributed by atoms with Gasteiger partial charge in [0, 0.05) is 28.5 Å². The van der Waals surface area contributed by atoms with Gasteiger partial charge in [-0.25, -0.2) is 0 Å². The summed E-state index contributed by atoms with van der Waals surface area (Å²) in [6.45, 7) is 12.5. The van der Waals surface area contributed by atoms with Gasteiger partial charge in [-0.05, 0) is 24.3 Å². The van der Waals surface area contributed by atoms with E-state index in [4.69, 9.17) is 15.9 Å². The minimum absolute atomic E-state index is 0.0235. The van der Waals surface area contributed by atoms with Crippen LogP contribution in [0, 0.1) is 23.2 Å². The van der Waals surface area contributed by atoms with E-state index < -0.39 is 0 Å². The first-order valence-corrected chi connectivity index (χ1v) is 10.4. The highest BCUT2D eigenvalue weighted by Crippen LogP contribution is 2.55. The van der Waals surface area contributed by atoms with E-state index in [1.807, 2.05) is 62.4 Å². The third-order valence-electron chi connectivity index (χ3n) is 5.73. The molecule has 1 saturated carbocycles. The van der Waals surface area contributed by atoms with E-state index in [1.54, 1.807) is 7.11 Å². The molecule has 0 bridgehead atoms. The first-order chi connectivity index (χ1) is 14.2. The number of terminal acetylenes is 1. The molecule has 0 saturated heterocycles. The summed E-state index contributed by atoms with van der Waals surface area (Å²) < 4.78 is 11.7. The maximum absolute atomic E-state index is 12.7. The molecule has 1 N–H and O–H groups in total. The minimum atomic E-state index is -0.244. The van der Waals surface area contributed by atoms with Crippen molar-refractivity contribution in [3.8, 4) is 23.8 Å². The second-order valence-electron chi connectivity index (χ2n) is 8.42. The third kappa shape index (κ3) is 4.31. The van der Waals surface area contributed by atoms with Crippen LogP contribution in [0.15, 0.2) is 48.5 Å².